The van der Waals surface area contributed by atoms with Crippen molar-refractivity contribution >= 4 is 23.3 Å². The third kappa shape index (κ3) is 3.59. The van der Waals surface area contributed by atoms with Gasteiger partial charge in [0.1, 0.15) is 5.75 Å². The van der Waals surface area contributed by atoms with E-state index in [0.29, 0.717) is 6.08 Å². The first-order chi connectivity index (χ1) is 8.40. The zero-order valence-electron chi connectivity index (χ0n) is 8.86. The van der Waals surface area contributed by atoms with Crippen LogP contribution in [-0.2, 0) is 9.59 Å². The van der Waals surface area contributed by atoms with Crippen molar-refractivity contribution in [2.45, 2.75) is 0 Å². The van der Waals surface area contributed by atoms with Crippen molar-refractivity contribution in [3.8, 4) is 5.75 Å². The van der Waals surface area contributed by atoms with E-state index in [1.807, 2.05) is 0 Å². The number of hydrogen-bond acceptors (Lipinski definition) is 5. The van der Waals surface area contributed by atoms with E-state index in [0.717, 1.165) is 24.3 Å². The second kappa shape index (κ2) is 5.43. The average molecular weight is 252 g/mol. The molecule has 0 aliphatic rings. The topological polar surface area (TPSA) is 130 Å². The Kier molecular flexibility index (Phi) is 3.98. The lowest BCUT2D eigenvalue weighted by Gasteiger charge is -2.04. The number of anilines is 1. The van der Waals surface area contributed by atoms with Gasteiger partial charge < -0.3 is 15.5 Å². The Morgan fingerprint density at radius 1 is 1.33 bits per heavy atom. The van der Waals surface area contributed by atoms with Gasteiger partial charge in [0, 0.05) is 24.3 Å². The molecule has 1 rings (SSSR count). The summed E-state index contributed by atoms with van der Waals surface area (Å²) in [6.45, 7) is 0. The first-order valence-corrected chi connectivity index (χ1v) is 4.59. The molecule has 18 heavy (non-hydrogen) atoms. The number of rotatable bonds is 4. The molecule has 0 saturated carbocycles. The van der Waals surface area contributed by atoms with Crippen LogP contribution in [0.3, 0.4) is 0 Å². The summed E-state index contributed by atoms with van der Waals surface area (Å²) in [4.78, 5) is 31.2. The predicted molar refractivity (Wildman–Crippen MR) is 60.2 cm³/mol. The summed E-state index contributed by atoms with van der Waals surface area (Å²) in [5.41, 5.74) is -0.491. The van der Waals surface area contributed by atoms with Gasteiger partial charge in [-0.1, -0.05) is 0 Å². The van der Waals surface area contributed by atoms with Gasteiger partial charge in [-0.15, -0.1) is 0 Å². The molecule has 0 aliphatic carbocycles. The molecule has 0 aromatic heterocycles. The van der Waals surface area contributed by atoms with Crippen LogP contribution in [0, 0.1) is 10.1 Å². The van der Waals surface area contributed by atoms with Crippen LogP contribution in [0.15, 0.2) is 30.4 Å². The number of nitro groups is 1. The SMILES string of the molecule is O=C(O)/C=C/C(=O)Nc1cc([N+](=O)[O-])ccc1O. The van der Waals surface area contributed by atoms with Gasteiger partial charge in [0.2, 0.25) is 5.91 Å². The van der Waals surface area contributed by atoms with E-state index in [1.165, 1.54) is 0 Å². The molecular weight excluding hydrogens is 244 g/mol. The number of carbonyl (C=O) groups is 2. The lowest BCUT2D eigenvalue weighted by atomic mass is 10.2. The molecule has 0 unspecified atom stereocenters. The number of benzene rings is 1. The molecule has 0 aliphatic heterocycles. The number of phenolic OH excluding ortho intramolecular Hbond substituents is 1. The predicted octanol–water partition coefficient (Wildman–Crippen LogP) is 0.880. The zero-order valence-corrected chi connectivity index (χ0v) is 8.86. The molecule has 0 bridgehead atoms. The summed E-state index contributed by atoms with van der Waals surface area (Å²) in [5, 5.41) is 30.3. The van der Waals surface area contributed by atoms with Gasteiger partial charge >= 0.3 is 5.97 Å². The first kappa shape index (κ1) is 13.2. The molecule has 0 saturated heterocycles. The van der Waals surface area contributed by atoms with E-state index in [4.69, 9.17) is 5.11 Å². The lowest BCUT2D eigenvalue weighted by Crippen LogP contribution is -2.09. The van der Waals surface area contributed by atoms with Gasteiger partial charge in [0.25, 0.3) is 5.69 Å². The number of nitro benzene ring substituents is 1. The van der Waals surface area contributed by atoms with Crippen LogP contribution in [0.4, 0.5) is 11.4 Å². The number of carbonyl (C=O) groups excluding carboxylic acids is 1. The Morgan fingerprint density at radius 2 is 2.00 bits per heavy atom. The number of carboxylic acids is 1. The van der Waals surface area contributed by atoms with Crippen LogP contribution in [-0.4, -0.2) is 27.0 Å². The molecule has 0 fully saturated rings. The Bertz CT molecular complexity index is 537. The maximum absolute atomic E-state index is 11.2. The van der Waals surface area contributed by atoms with Crippen molar-refractivity contribution in [3.63, 3.8) is 0 Å². The normalized spacial score (nSPS) is 10.2. The van der Waals surface area contributed by atoms with Crippen molar-refractivity contribution in [2.75, 3.05) is 5.32 Å². The standard InChI is InChI=1S/C10H8N2O6/c13-8-2-1-6(12(17)18)5-7(8)11-9(14)3-4-10(15)16/h1-5,13H,(H,11,14)(H,15,16)/b4-3+. The molecule has 8 nitrogen and oxygen atoms in total. The van der Waals surface area contributed by atoms with E-state index >= 15 is 0 Å². The summed E-state index contributed by atoms with van der Waals surface area (Å²) in [7, 11) is 0. The zero-order chi connectivity index (χ0) is 13.7. The Balaban J connectivity index is 2.90. The summed E-state index contributed by atoms with van der Waals surface area (Å²) in [5.74, 6) is -2.50. The number of hydrogen-bond donors (Lipinski definition) is 3. The van der Waals surface area contributed by atoms with Crippen LogP contribution in [0.2, 0.25) is 0 Å². The highest BCUT2D eigenvalue weighted by Gasteiger charge is 2.11. The molecule has 0 spiro atoms. The van der Waals surface area contributed by atoms with Crippen LogP contribution >= 0.6 is 0 Å². The van der Waals surface area contributed by atoms with Crippen molar-refractivity contribution in [2.24, 2.45) is 0 Å². The molecular formula is C10H8N2O6. The second-order valence-electron chi connectivity index (χ2n) is 3.12. The number of amides is 1. The van der Waals surface area contributed by atoms with Crippen LogP contribution in [0.5, 0.6) is 5.75 Å². The van der Waals surface area contributed by atoms with E-state index < -0.39 is 16.8 Å². The van der Waals surface area contributed by atoms with Crippen LogP contribution in [0.1, 0.15) is 0 Å². The second-order valence-corrected chi connectivity index (χ2v) is 3.12. The number of aromatic hydroxyl groups is 1. The first-order valence-electron chi connectivity index (χ1n) is 4.59. The minimum absolute atomic E-state index is 0.177. The minimum atomic E-state index is -1.31. The smallest absolute Gasteiger partial charge is 0.328 e. The summed E-state index contributed by atoms with van der Waals surface area (Å²) in [6.07, 6.45) is 1.32. The van der Waals surface area contributed by atoms with E-state index in [2.05, 4.69) is 5.32 Å². The number of non-ortho nitro benzene ring substituents is 1. The molecule has 94 valence electrons. The largest absolute Gasteiger partial charge is 0.506 e. The van der Waals surface area contributed by atoms with Crippen molar-refractivity contribution in [3.05, 3.63) is 40.5 Å². The Labute approximate surface area is 100 Å². The van der Waals surface area contributed by atoms with E-state index in [1.54, 1.807) is 0 Å². The maximum Gasteiger partial charge on any atom is 0.328 e. The van der Waals surface area contributed by atoms with E-state index in [9.17, 15) is 24.8 Å². The lowest BCUT2D eigenvalue weighted by molar-refractivity contribution is -0.384. The Morgan fingerprint density at radius 3 is 2.56 bits per heavy atom. The van der Waals surface area contributed by atoms with Crippen molar-refractivity contribution < 1.29 is 24.7 Å². The minimum Gasteiger partial charge on any atom is -0.506 e. The van der Waals surface area contributed by atoms with Crippen LogP contribution in [0.25, 0.3) is 0 Å². The maximum atomic E-state index is 11.2. The molecule has 8 heteroatoms. The molecule has 0 atom stereocenters. The van der Waals surface area contributed by atoms with E-state index in [-0.39, 0.29) is 17.1 Å². The van der Waals surface area contributed by atoms with Gasteiger partial charge in [-0.2, -0.15) is 0 Å². The van der Waals surface area contributed by atoms with Gasteiger partial charge in [0.15, 0.2) is 0 Å². The van der Waals surface area contributed by atoms with Crippen LogP contribution < -0.4 is 5.32 Å². The highest BCUT2D eigenvalue weighted by molar-refractivity contribution is 6.03. The molecule has 1 amide bonds. The monoisotopic (exact) mass is 252 g/mol. The molecule has 1 aromatic carbocycles. The summed E-state index contributed by atoms with van der Waals surface area (Å²) in [6, 6.07) is 3.08. The number of phenols is 1. The summed E-state index contributed by atoms with van der Waals surface area (Å²) < 4.78 is 0. The molecule has 0 radical (unpaired) electrons. The van der Waals surface area contributed by atoms with Crippen molar-refractivity contribution in [1.29, 1.82) is 0 Å². The summed E-state index contributed by atoms with van der Waals surface area (Å²) >= 11 is 0. The third-order valence-corrected chi connectivity index (χ3v) is 1.83. The molecule has 3 N–H and O–H groups in total. The molecule has 0 heterocycles. The van der Waals surface area contributed by atoms with Gasteiger partial charge in [-0.05, 0) is 6.07 Å². The van der Waals surface area contributed by atoms with Crippen molar-refractivity contribution in [1.82, 2.24) is 0 Å². The average Bonchev–Trinajstić information content (AvgIpc) is 2.29. The number of nitrogens with zero attached hydrogens (tertiary/aromatic N) is 1. The van der Waals surface area contributed by atoms with Gasteiger partial charge in [0.05, 0.1) is 10.6 Å². The number of carboxylic acid groups (broad SMARTS) is 1. The highest BCUT2D eigenvalue weighted by Crippen LogP contribution is 2.27. The third-order valence-electron chi connectivity index (χ3n) is 1.83. The number of aliphatic carboxylic acids is 1. The van der Waals surface area contributed by atoms with Gasteiger partial charge in [-0.25, -0.2) is 4.79 Å². The highest BCUT2D eigenvalue weighted by atomic mass is 16.6. The van der Waals surface area contributed by atoms with Gasteiger partial charge in [-0.3, -0.25) is 14.9 Å². The fourth-order valence-corrected chi connectivity index (χ4v) is 1.06. The Hall–Kier alpha value is -2.90. The fourth-order valence-electron chi connectivity index (χ4n) is 1.06. The number of nitrogens with one attached hydrogen (secondary N) is 1. The fraction of sp³-hybridized carbons (Fsp3) is 0. The molecule has 1 aromatic rings. The quantitative estimate of drug-likeness (QED) is 0.315.